The van der Waals surface area contributed by atoms with Crippen molar-refractivity contribution in [3.8, 4) is 5.82 Å². The zero-order valence-corrected chi connectivity index (χ0v) is 22.5. The molecule has 0 aromatic carbocycles. The number of anilines is 2. The fourth-order valence-corrected chi connectivity index (χ4v) is 6.61. The zero-order chi connectivity index (χ0) is 27.4. The molecular formula is C27H34F3N7O3. The molecule has 0 N–H and O–H groups in total. The van der Waals surface area contributed by atoms with E-state index in [-0.39, 0.29) is 41.2 Å². The second-order valence-corrected chi connectivity index (χ2v) is 11.2. The van der Waals surface area contributed by atoms with Crippen LogP contribution in [0.25, 0.3) is 16.9 Å². The summed E-state index contributed by atoms with van der Waals surface area (Å²) in [6.45, 7) is 2.92. The number of pyridine rings is 1. The van der Waals surface area contributed by atoms with Crippen molar-refractivity contribution in [2.24, 2.45) is 0 Å². The molecule has 0 amide bonds. The fraction of sp³-hybridized carbons (Fsp3) is 0.667. The lowest BCUT2D eigenvalue weighted by molar-refractivity contribution is -0.140. The molecular weight excluding hydrogens is 527 g/mol. The van der Waals surface area contributed by atoms with Gasteiger partial charge in [-0.1, -0.05) is 0 Å². The molecule has 7 rings (SSSR count). The Hall–Kier alpha value is -2.90. The van der Waals surface area contributed by atoms with Crippen LogP contribution in [0.4, 0.5) is 24.7 Å². The topological polar surface area (TPSA) is 82.7 Å². The second kappa shape index (κ2) is 10.2. The molecule has 0 spiro atoms. The number of ether oxygens (including phenoxy) is 3. The molecule has 0 saturated carbocycles. The van der Waals surface area contributed by atoms with E-state index >= 15 is 0 Å². The highest BCUT2D eigenvalue weighted by Gasteiger charge is 2.42. The Kier molecular flexibility index (Phi) is 6.62. The van der Waals surface area contributed by atoms with Gasteiger partial charge in [0.2, 0.25) is 0 Å². The van der Waals surface area contributed by atoms with Crippen LogP contribution < -0.4 is 9.80 Å². The minimum absolute atomic E-state index is 0.0200. The smallest absolute Gasteiger partial charge is 0.379 e. The van der Waals surface area contributed by atoms with Crippen molar-refractivity contribution in [2.75, 3.05) is 49.9 Å². The fourth-order valence-electron chi connectivity index (χ4n) is 6.61. The Morgan fingerprint density at radius 1 is 0.925 bits per heavy atom. The van der Waals surface area contributed by atoms with Crippen LogP contribution in [0, 0.1) is 0 Å². The molecule has 4 aliphatic rings. The summed E-state index contributed by atoms with van der Waals surface area (Å²) >= 11 is 0. The third-order valence-corrected chi connectivity index (χ3v) is 8.70. The summed E-state index contributed by atoms with van der Waals surface area (Å²) in [5, 5.41) is 8.72. The number of morpholine rings is 1. The normalized spacial score (nSPS) is 27.4. The minimum Gasteiger partial charge on any atom is -0.379 e. The van der Waals surface area contributed by atoms with Crippen molar-refractivity contribution in [3.05, 3.63) is 24.0 Å². The summed E-state index contributed by atoms with van der Waals surface area (Å²) in [5.41, 5.74) is -0.368. The molecule has 2 bridgehead atoms. The van der Waals surface area contributed by atoms with Crippen molar-refractivity contribution in [1.82, 2.24) is 24.5 Å². The van der Waals surface area contributed by atoms with Crippen LogP contribution in [0.3, 0.4) is 0 Å². The van der Waals surface area contributed by atoms with Crippen LogP contribution >= 0.6 is 0 Å². The highest BCUT2D eigenvalue weighted by Crippen LogP contribution is 2.43. The van der Waals surface area contributed by atoms with Gasteiger partial charge in [-0.25, -0.2) is 9.67 Å². The minimum atomic E-state index is -4.68. The molecule has 3 aromatic rings. The van der Waals surface area contributed by atoms with Crippen LogP contribution in [-0.2, 0) is 20.4 Å². The predicted octanol–water partition coefficient (Wildman–Crippen LogP) is 4.32. The van der Waals surface area contributed by atoms with Gasteiger partial charge in [-0.3, -0.25) is 0 Å². The van der Waals surface area contributed by atoms with Gasteiger partial charge in [0.25, 0.3) is 0 Å². The first kappa shape index (κ1) is 26.0. The molecule has 4 unspecified atom stereocenters. The van der Waals surface area contributed by atoms with Crippen LogP contribution in [0.5, 0.6) is 0 Å². The highest BCUT2D eigenvalue weighted by atomic mass is 19.4. The third kappa shape index (κ3) is 4.51. The summed E-state index contributed by atoms with van der Waals surface area (Å²) in [7, 11) is 1.85. The predicted molar refractivity (Wildman–Crippen MR) is 141 cm³/mol. The number of fused-ring (bicyclic) bond motifs is 3. The molecule has 4 atom stereocenters. The summed E-state index contributed by atoms with van der Waals surface area (Å²) < 4.78 is 64.1. The number of hydrogen-bond acceptors (Lipinski definition) is 8. The maximum Gasteiger partial charge on any atom is 0.435 e. The van der Waals surface area contributed by atoms with Crippen molar-refractivity contribution >= 4 is 22.5 Å². The van der Waals surface area contributed by atoms with Crippen LogP contribution in [0.2, 0.25) is 0 Å². The van der Waals surface area contributed by atoms with Gasteiger partial charge in [-0.15, -0.1) is 0 Å². The van der Waals surface area contributed by atoms with E-state index in [1.165, 1.54) is 4.68 Å². The number of hydrogen-bond donors (Lipinski definition) is 0. The second-order valence-electron chi connectivity index (χ2n) is 11.2. The van der Waals surface area contributed by atoms with Gasteiger partial charge < -0.3 is 24.0 Å². The van der Waals surface area contributed by atoms with Crippen molar-refractivity contribution in [1.29, 1.82) is 0 Å². The monoisotopic (exact) mass is 561 g/mol. The highest BCUT2D eigenvalue weighted by molar-refractivity contribution is 5.95. The summed E-state index contributed by atoms with van der Waals surface area (Å²) in [6.07, 6.45) is 3.23. The first-order valence-corrected chi connectivity index (χ1v) is 14.2. The average Bonchev–Trinajstić information content (AvgIpc) is 3.67. The lowest BCUT2D eigenvalue weighted by Gasteiger charge is -2.37. The van der Waals surface area contributed by atoms with Crippen molar-refractivity contribution < 1.29 is 27.4 Å². The molecule has 10 nitrogen and oxygen atoms in total. The number of halogens is 3. The number of rotatable bonds is 5. The molecule has 4 saturated heterocycles. The number of nitrogens with zero attached hydrogens (tertiary/aromatic N) is 7. The molecule has 40 heavy (non-hydrogen) atoms. The van der Waals surface area contributed by atoms with E-state index in [0.29, 0.717) is 44.5 Å². The van der Waals surface area contributed by atoms with Gasteiger partial charge in [0.1, 0.15) is 12.0 Å². The number of likely N-dealkylation sites (N-methyl/N-ethyl adjacent to an activating group) is 1. The van der Waals surface area contributed by atoms with Gasteiger partial charge in [0, 0.05) is 38.6 Å². The maximum absolute atomic E-state index is 14.6. The molecule has 0 aliphatic carbocycles. The van der Waals surface area contributed by atoms with E-state index < -0.39 is 11.9 Å². The van der Waals surface area contributed by atoms with Crippen molar-refractivity contribution in [3.63, 3.8) is 0 Å². The van der Waals surface area contributed by atoms with Gasteiger partial charge in [0.05, 0.1) is 49.0 Å². The Morgan fingerprint density at radius 2 is 1.75 bits per heavy atom. The van der Waals surface area contributed by atoms with E-state index in [4.69, 9.17) is 19.2 Å². The molecule has 4 aliphatic heterocycles. The quantitative estimate of drug-likeness (QED) is 0.456. The van der Waals surface area contributed by atoms with E-state index in [2.05, 4.69) is 15.1 Å². The van der Waals surface area contributed by atoms with E-state index in [0.717, 1.165) is 44.9 Å². The SMILES string of the molecule is CN(c1cc(N2C3CCC2COC3)nc2c1c(C(F)(F)F)nn2-c1ccn(C2CCCCO2)n1)C1CCCOC1. The van der Waals surface area contributed by atoms with Gasteiger partial charge in [-0.05, 0) is 44.9 Å². The van der Waals surface area contributed by atoms with Crippen LogP contribution in [0.1, 0.15) is 56.9 Å². The number of aromatic nitrogens is 5. The first-order chi connectivity index (χ1) is 19.4. The zero-order valence-electron chi connectivity index (χ0n) is 22.5. The summed E-state index contributed by atoms with van der Waals surface area (Å²) in [4.78, 5) is 9.05. The Morgan fingerprint density at radius 3 is 2.45 bits per heavy atom. The Balaban J connectivity index is 1.41. The number of alkyl halides is 3. The van der Waals surface area contributed by atoms with E-state index in [1.807, 2.05) is 18.0 Å². The average molecular weight is 562 g/mol. The van der Waals surface area contributed by atoms with Gasteiger partial charge >= 0.3 is 6.18 Å². The van der Waals surface area contributed by atoms with E-state index in [9.17, 15) is 13.2 Å². The first-order valence-electron chi connectivity index (χ1n) is 14.2. The standard InChI is InChI=1S/C27H34F3N7O3/c1-34(17-5-4-11-38-14-17)20-13-22(36-18-7-8-19(36)16-39-15-18)31-26-24(20)25(27(28,29)30)33-37(26)21-9-10-35(32-21)23-6-2-3-12-40-23/h9-10,13,17-19,23H,2-8,11-12,14-16H2,1H3. The van der Waals surface area contributed by atoms with Crippen molar-refractivity contribution in [2.45, 2.75) is 75.5 Å². The maximum atomic E-state index is 14.6. The van der Waals surface area contributed by atoms with Gasteiger partial charge in [0.15, 0.2) is 17.2 Å². The van der Waals surface area contributed by atoms with E-state index in [1.54, 1.807) is 16.9 Å². The van der Waals surface area contributed by atoms with Crippen LogP contribution in [-0.4, -0.2) is 82.8 Å². The molecule has 216 valence electrons. The Bertz CT molecular complexity index is 1350. The third-order valence-electron chi connectivity index (χ3n) is 8.70. The lowest BCUT2D eigenvalue weighted by Crippen LogP contribution is -2.46. The molecule has 3 aromatic heterocycles. The summed E-state index contributed by atoms with van der Waals surface area (Å²) in [5.74, 6) is 0.922. The summed E-state index contributed by atoms with van der Waals surface area (Å²) in [6, 6.07) is 3.71. The molecule has 0 radical (unpaired) electrons. The van der Waals surface area contributed by atoms with Crippen LogP contribution in [0.15, 0.2) is 18.3 Å². The molecule has 13 heteroatoms. The molecule has 4 fully saturated rings. The lowest BCUT2D eigenvalue weighted by atomic mass is 10.1. The van der Waals surface area contributed by atoms with Gasteiger partial charge in [-0.2, -0.15) is 28.1 Å². The largest absolute Gasteiger partial charge is 0.435 e. The molecule has 7 heterocycles. The Labute approximate surface area is 230 Å².